The van der Waals surface area contributed by atoms with Gasteiger partial charge in [0.05, 0.1) is 0 Å². The Hall–Kier alpha value is -1.33. The number of nitrogens with zero attached hydrogens (tertiary/aromatic N) is 1. The molecular formula is C14H15NO2S2. The number of hydrogen-bond acceptors (Lipinski definition) is 4. The highest BCUT2D eigenvalue weighted by molar-refractivity contribution is 7.99. The van der Waals surface area contributed by atoms with Crippen LogP contribution in [-0.4, -0.2) is 21.3 Å². The number of aromatic nitrogens is 1. The standard InChI is InChI=1S/C14H15NO2S2/c1-9(2)18-7-10-5-3-4-6-11(10)13-15-12(8-19-13)14(16)17/h3-6,8-9H,7H2,1-2H3,(H,16,17). The highest BCUT2D eigenvalue weighted by Crippen LogP contribution is 2.30. The predicted octanol–water partition coefficient (Wildman–Crippen LogP) is 4.15. The van der Waals surface area contributed by atoms with Crippen LogP contribution in [0.15, 0.2) is 29.6 Å². The first kappa shape index (κ1) is 14.1. The zero-order valence-electron chi connectivity index (χ0n) is 10.8. The van der Waals surface area contributed by atoms with Crippen LogP contribution < -0.4 is 0 Å². The molecule has 1 heterocycles. The maximum Gasteiger partial charge on any atom is 0.355 e. The lowest BCUT2D eigenvalue weighted by molar-refractivity contribution is 0.0691. The third-order valence-corrected chi connectivity index (χ3v) is 4.56. The number of carbonyl (C=O) groups is 1. The van der Waals surface area contributed by atoms with E-state index in [1.54, 1.807) is 5.38 Å². The molecule has 2 aromatic rings. The first-order valence-electron chi connectivity index (χ1n) is 5.96. The smallest absolute Gasteiger partial charge is 0.355 e. The second-order valence-electron chi connectivity index (χ2n) is 4.36. The minimum atomic E-state index is -0.975. The molecule has 1 N–H and O–H groups in total. The fourth-order valence-electron chi connectivity index (χ4n) is 1.61. The molecular weight excluding hydrogens is 278 g/mol. The zero-order valence-corrected chi connectivity index (χ0v) is 12.4. The second-order valence-corrected chi connectivity index (χ2v) is 6.78. The van der Waals surface area contributed by atoms with Crippen LogP contribution in [0.5, 0.6) is 0 Å². The molecule has 0 unspecified atom stereocenters. The maximum absolute atomic E-state index is 10.9. The number of rotatable bonds is 5. The van der Waals surface area contributed by atoms with E-state index in [0.717, 1.165) is 16.3 Å². The van der Waals surface area contributed by atoms with Gasteiger partial charge in [0.15, 0.2) is 5.69 Å². The molecule has 1 aromatic heterocycles. The normalized spacial score (nSPS) is 10.9. The van der Waals surface area contributed by atoms with Crippen molar-refractivity contribution in [3.05, 3.63) is 40.9 Å². The SMILES string of the molecule is CC(C)SCc1ccccc1-c1nc(C(=O)O)cs1. The maximum atomic E-state index is 10.9. The van der Waals surface area contributed by atoms with Crippen molar-refractivity contribution in [3.63, 3.8) is 0 Å². The van der Waals surface area contributed by atoms with E-state index in [0.29, 0.717) is 5.25 Å². The fourth-order valence-corrected chi connectivity index (χ4v) is 3.23. The Balaban J connectivity index is 2.30. The molecule has 0 aliphatic carbocycles. The van der Waals surface area contributed by atoms with Crippen LogP contribution in [0.2, 0.25) is 0 Å². The third kappa shape index (κ3) is 3.58. The molecule has 0 radical (unpaired) electrons. The summed E-state index contributed by atoms with van der Waals surface area (Å²) in [6, 6.07) is 8.04. The van der Waals surface area contributed by atoms with Crippen LogP contribution in [0.25, 0.3) is 10.6 Å². The number of thioether (sulfide) groups is 1. The van der Waals surface area contributed by atoms with Gasteiger partial charge in [0.2, 0.25) is 0 Å². The second kappa shape index (κ2) is 6.21. The van der Waals surface area contributed by atoms with E-state index in [4.69, 9.17) is 5.11 Å². The van der Waals surface area contributed by atoms with Crippen LogP contribution >= 0.6 is 23.1 Å². The average Bonchev–Trinajstić information content (AvgIpc) is 2.86. The van der Waals surface area contributed by atoms with Gasteiger partial charge in [-0.25, -0.2) is 9.78 Å². The summed E-state index contributed by atoms with van der Waals surface area (Å²) >= 11 is 3.25. The molecule has 0 bridgehead atoms. The lowest BCUT2D eigenvalue weighted by atomic mass is 10.1. The minimum Gasteiger partial charge on any atom is -0.476 e. The van der Waals surface area contributed by atoms with E-state index in [1.165, 1.54) is 16.9 Å². The van der Waals surface area contributed by atoms with Gasteiger partial charge in [-0.2, -0.15) is 11.8 Å². The van der Waals surface area contributed by atoms with Crippen molar-refractivity contribution in [2.45, 2.75) is 24.9 Å². The van der Waals surface area contributed by atoms with E-state index in [-0.39, 0.29) is 5.69 Å². The molecule has 0 amide bonds. The quantitative estimate of drug-likeness (QED) is 0.899. The van der Waals surface area contributed by atoms with Gasteiger partial charge in [0.1, 0.15) is 5.01 Å². The molecule has 3 nitrogen and oxygen atoms in total. The molecule has 0 aliphatic heterocycles. The highest BCUT2D eigenvalue weighted by Gasteiger charge is 2.13. The molecule has 0 fully saturated rings. The minimum absolute atomic E-state index is 0.117. The summed E-state index contributed by atoms with van der Waals surface area (Å²) in [6.07, 6.45) is 0. The first-order valence-corrected chi connectivity index (χ1v) is 7.89. The summed E-state index contributed by atoms with van der Waals surface area (Å²) in [7, 11) is 0. The van der Waals surface area contributed by atoms with Crippen molar-refractivity contribution in [2.24, 2.45) is 0 Å². The lowest BCUT2D eigenvalue weighted by Gasteiger charge is -2.08. The number of hydrogen-bond donors (Lipinski definition) is 1. The van der Waals surface area contributed by atoms with Gasteiger partial charge in [-0.1, -0.05) is 38.1 Å². The Labute approximate surface area is 120 Å². The summed E-state index contributed by atoms with van der Waals surface area (Å²) in [5, 5.41) is 11.9. The Morgan fingerprint density at radius 3 is 2.79 bits per heavy atom. The number of carboxylic acid groups (broad SMARTS) is 1. The molecule has 0 saturated heterocycles. The Morgan fingerprint density at radius 2 is 2.16 bits per heavy atom. The summed E-state index contributed by atoms with van der Waals surface area (Å²) in [5.74, 6) is -0.0629. The van der Waals surface area contributed by atoms with Crippen LogP contribution in [0.3, 0.4) is 0 Å². The van der Waals surface area contributed by atoms with Crippen molar-refractivity contribution >= 4 is 29.1 Å². The summed E-state index contributed by atoms with van der Waals surface area (Å²) in [5.41, 5.74) is 2.35. The lowest BCUT2D eigenvalue weighted by Crippen LogP contribution is -1.96. The molecule has 19 heavy (non-hydrogen) atoms. The summed E-state index contributed by atoms with van der Waals surface area (Å²) in [6.45, 7) is 4.33. The highest BCUT2D eigenvalue weighted by atomic mass is 32.2. The number of benzene rings is 1. The van der Waals surface area contributed by atoms with Gasteiger partial charge in [0, 0.05) is 16.7 Å². The monoisotopic (exact) mass is 293 g/mol. The molecule has 0 saturated carbocycles. The Kier molecular flexibility index (Phi) is 4.61. The Bertz CT molecular complexity index is 578. The topological polar surface area (TPSA) is 50.2 Å². The van der Waals surface area contributed by atoms with E-state index in [2.05, 4.69) is 24.9 Å². The first-order chi connectivity index (χ1) is 9.08. The molecule has 2 rings (SSSR count). The van der Waals surface area contributed by atoms with Gasteiger partial charge < -0.3 is 5.11 Å². The van der Waals surface area contributed by atoms with Crippen molar-refractivity contribution in [2.75, 3.05) is 0 Å². The van der Waals surface area contributed by atoms with E-state index in [1.807, 2.05) is 30.0 Å². The van der Waals surface area contributed by atoms with Gasteiger partial charge in [-0.15, -0.1) is 11.3 Å². The molecule has 100 valence electrons. The molecule has 5 heteroatoms. The van der Waals surface area contributed by atoms with E-state index >= 15 is 0 Å². The number of aromatic carboxylic acids is 1. The van der Waals surface area contributed by atoms with Crippen molar-refractivity contribution in [1.82, 2.24) is 4.98 Å². The summed E-state index contributed by atoms with van der Waals surface area (Å²) in [4.78, 5) is 15.1. The predicted molar refractivity (Wildman–Crippen MR) is 80.9 cm³/mol. The summed E-state index contributed by atoms with van der Waals surface area (Å²) < 4.78 is 0. The fraction of sp³-hybridized carbons (Fsp3) is 0.286. The largest absolute Gasteiger partial charge is 0.476 e. The van der Waals surface area contributed by atoms with Gasteiger partial charge in [-0.05, 0) is 10.8 Å². The third-order valence-electron chi connectivity index (χ3n) is 2.54. The Morgan fingerprint density at radius 1 is 1.42 bits per heavy atom. The molecule has 0 aliphatic rings. The van der Waals surface area contributed by atoms with Crippen LogP contribution in [-0.2, 0) is 5.75 Å². The van der Waals surface area contributed by atoms with Gasteiger partial charge in [0.25, 0.3) is 0 Å². The van der Waals surface area contributed by atoms with Gasteiger partial charge >= 0.3 is 5.97 Å². The number of thiazole rings is 1. The molecule has 0 spiro atoms. The van der Waals surface area contributed by atoms with Crippen molar-refractivity contribution < 1.29 is 9.90 Å². The zero-order chi connectivity index (χ0) is 13.8. The van der Waals surface area contributed by atoms with E-state index < -0.39 is 5.97 Å². The van der Waals surface area contributed by atoms with Crippen molar-refractivity contribution in [3.8, 4) is 10.6 Å². The van der Waals surface area contributed by atoms with E-state index in [9.17, 15) is 4.79 Å². The average molecular weight is 293 g/mol. The van der Waals surface area contributed by atoms with Crippen LogP contribution in [0.4, 0.5) is 0 Å². The van der Waals surface area contributed by atoms with Crippen molar-refractivity contribution in [1.29, 1.82) is 0 Å². The number of carboxylic acids is 1. The van der Waals surface area contributed by atoms with Crippen LogP contribution in [0, 0.1) is 0 Å². The van der Waals surface area contributed by atoms with Gasteiger partial charge in [-0.3, -0.25) is 0 Å². The molecule has 0 atom stereocenters. The van der Waals surface area contributed by atoms with Crippen LogP contribution in [0.1, 0.15) is 29.9 Å². The molecule has 1 aromatic carbocycles.